The molecule has 4 aromatic rings. The van der Waals surface area contributed by atoms with Crippen LogP contribution in [-0.2, 0) is 21.5 Å². The van der Waals surface area contributed by atoms with Crippen LogP contribution in [0.1, 0.15) is 41.0 Å². The van der Waals surface area contributed by atoms with Crippen LogP contribution >= 0.6 is 0 Å². The van der Waals surface area contributed by atoms with Crippen molar-refractivity contribution in [3.05, 3.63) is 114 Å². The average molecular weight is 698 g/mol. The maximum Gasteiger partial charge on any atom is 0.322 e. The summed E-state index contributed by atoms with van der Waals surface area (Å²) in [5, 5.41) is 12.3. The van der Waals surface area contributed by atoms with Gasteiger partial charge >= 0.3 is 5.97 Å². The van der Waals surface area contributed by atoms with Crippen LogP contribution in [0.25, 0.3) is 0 Å². The molecule has 0 radical (unpaired) electrons. The Kier molecular flexibility index (Phi) is 11.7. The van der Waals surface area contributed by atoms with Crippen LogP contribution in [0.2, 0.25) is 0 Å². The topological polar surface area (TPSA) is 150 Å². The maximum absolute atomic E-state index is 12.9. The molecule has 0 aliphatic carbocycles. The molecule has 1 aliphatic heterocycles. The number of aliphatic carboxylic acids is 1. The maximum atomic E-state index is 12.9. The first-order valence-corrected chi connectivity index (χ1v) is 17.5. The summed E-state index contributed by atoms with van der Waals surface area (Å²) in [4.78, 5) is 30.7. The number of aromatic nitrogens is 1. The molecule has 0 bridgehead atoms. The number of benzene rings is 3. The summed E-state index contributed by atoms with van der Waals surface area (Å²) in [5.74, 6) is 6.25. The van der Waals surface area contributed by atoms with E-state index in [0.717, 1.165) is 16.8 Å². The number of rotatable bonds is 12. The number of pyridine rings is 1. The molecule has 0 unspecified atom stereocenters. The normalized spacial score (nSPS) is 14.0. The Bertz CT molecular complexity index is 1980. The number of piperazine rings is 1. The fourth-order valence-electron chi connectivity index (χ4n) is 5.22. The van der Waals surface area contributed by atoms with E-state index < -0.39 is 28.1 Å². The summed E-state index contributed by atoms with van der Waals surface area (Å²) < 4.78 is 40.4. The van der Waals surface area contributed by atoms with Crippen LogP contribution < -0.4 is 24.4 Å². The Morgan fingerprint density at radius 2 is 1.54 bits per heavy atom. The second kappa shape index (κ2) is 16.3. The summed E-state index contributed by atoms with van der Waals surface area (Å²) in [6, 6.07) is 24.6. The molecule has 2 heterocycles. The van der Waals surface area contributed by atoms with Crippen molar-refractivity contribution in [2.75, 3.05) is 38.2 Å². The molecule has 3 aromatic carbocycles. The third-order valence-corrected chi connectivity index (χ3v) is 9.59. The zero-order valence-corrected chi connectivity index (χ0v) is 28.8. The number of carboxylic acids is 1. The number of carbonyl (C=O) groups excluding carboxylic acids is 1. The number of nitrogens with zero attached hydrogens (tertiary/aromatic N) is 3. The highest BCUT2D eigenvalue weighted by Gasteiger charge is 2.33. The van der Waals surface area contributed by atoms with E-state index in [4.69, 9.17) is 9.47 Å². The number of anilines is 1. The van der Waals surface area contributed by atoms with Gasteiger partial charge < -0.3 is 24.8 Å². The van der Waals surface area contributed by atoms with Crippen molar-refractivity contribution < 1.29 is 32.6 Å². The molecular weight excluding hydrogens is 659 g/mol. The first-order valence-electron chi connectivity index (χ1n) is 16.0. The van der Waals surface area contributed by atoms with E-state index >= 15 is 0 Å². The summed E-state index contributed by atoms with van der Waals surface area (Å²) >= 11 is 0. The first kappa shape index (κ1) is 35.9. The van der Waals surface area contributed by atoms with Crippen molar-refractivity contribution >= 4 is 27.8 Å². The van der Waals surface area contributed by atoms with Gasteiger partial charge in [0.1, 0.15) is 29.0 Å². The molecule has 1 aromatic heterocycles. The second-order valence-corrected chi connectivity index (χ2v) is 13.6. The molecule has 50 heavy (non-hydrogen) atoms. The molecule has 13 heteroatoms. The SMILES string of the molecule is COc1cccc(Oc2cccc(CNC(=O)c3cc(C#Cc4ccc(N5CCN(S(=O)(=O)N[C@@H](C(=O)O)C(C)C)CC5)cc4)ccn3)c2)c1. The largest absolute Gasteiger partial charge is 0.497 e. The lowest BCUT2D eigenvalue weighted by atomic mass is 10.1. The van der Waals surface area contributed by atoms with E-state index in [1.54, 1.807) is 45.4 Å². The van der Waals surface area contributed by atoms with Crippen molar-refractivity contribution in [1.82, 2.24) is 19.3 Å². The molecule has 1 saturated heterocycles. The van der Waals surface area contributed by atoms with E-state index in [1.165, 1.54) is 4.31 Å². The third kappa shape index (κ3) is 9.60. The zero-order chi connectivity index (χ0) is 35.7. The average Bonchev–Trinajstić information content (AvgIpc) is 3.12. The Morgan fingerprint density at radius 3 is 2.22 bits per heavy atom. The lowest BCUT2D eigenvalue weighted by Crippen LogP contribution is -2.55. The number of amides is 1. The smallest absolute Gasteiger partial charge is 0.322 e. The molecule has 5 rings (SSSR count). The monoisotopic (exact) mass is 697 g/mol. The lowest BCUT2D eigenvalue weighted by Gasteiger charge is -2.36. The Hall–Kier alpha value is -5.42. The molecule has 1 fully saturated rings. The van der Waals surface area contributed by atoms with Crippen LogP contribution in [0.3, 0.4) is 0 Å². The molecule has 0 spiro atoms. The first-order chi connectivity index (χ1) is 24.0. The van der Waals surface area contributed by atoms with Crippen molar-refractivity contribution in [2.24, 2.45) is 5.92 Å². The van der Waals surface area contributed by atoms with Crippen LogP contribution in [0.5, 0.6) is 17.2 Å². The minimum absolute atomic E-state index is 0.227. The molecule has 3 N–H and O–H groups in total. The van der Waals surface area contributed by atoms with Crippen LogP contribution in [-0.4, -0.2) is 74.0 Å². The molecule has 1 aliphatic rings. The van der Waals surface area contributed by atoms with E-state index in [-0.39, 0.29) is 31.2 Å². The number of hydrogen-bond donors (Lipinski definition) is 3. The van der Waals surface area contributed by atoms with Gasteiger partial charge in [-0.1, -0.05) is 43.9 Å². The second-order valence-electron chi connectivity index (χ2n) is 11.9. The number of carboxylic acid groups (broad SMARTS) is 1. The number of hydrogen-bond acceptors (Lipinski definition) is 8. The van der Waals surface area contributed by atoms with Crippen LogP contribution in [0, 0.1) is 17.8 Å². The number of nitrogens with one attached hydrogen (secondary N) is 2. The Labute approximate surface area is 292 Å². The van der Waals surface area contributed by atoms with Crippen molar-refractivity contribution in [3.63, 3.8) is 0 Å². The molecule has 0 saturated carbocycles. The van der Waals surface area contributed by atoms with E-state index in [2.05, 4.69) is 31.8 Å². The van der Waals surface area contributed by atoms with Gasteiger partial charge in [-0.05, 0) is 72.1 Å². The van der Waals surface area contributed by atoms with E-state index in [0.29, 0.717) is 35.9 Å². The van der Waals surface area contributed by atoms with Crippen molar-refractivity contribution in [3.8, 4) is 29.1 Å². The van der Waals surface area contributed by atoms with Gasteiger partial charge in [0.05, 0.1) is 7.11 Å². The standard InChI is InChI=1S/C37H39N5O7S/c1-26(2)35(37(44)45)40-50(46,47)42-20-18-41(19-21-42)30-14-12-27(13-15-30)10-11-28-16-17-38-34(23-28)36(43)39-25-29-6-4-8-32(22-29)49-33-9-5-7-31(24-33)48-3/h4-9,12-17,22-24,26,35,40H,18-21,25H2,1-3H3,(H,39,43)(H,44,45)/t35-/m1/s1. The van der Waals surface area contributed by atoms with Crippen LogP contribution in [0.4, 0.5) is 5.69 Å². The fraction of sp³-hybridized carbons (Fsp3) is 0.270. The Balaban J connectivity index is 1.13. The summed E-state index contributed by atoms with van der Waals surface area (Å²) in [7, 11) is -2.34. The number of methoxy groups -OCH3 is 1. The highest BCUT2D eigenvalue weighted by Crippen LogP contribution is 2.26. The molecule has 260 valence electrons. The lowest BCUT2D eigenvalue weighted by molar-refractivity contribution is -0.140. The number of ether oxygens (including phenoxy) is 2. The van der Waals surface area contributed by atoms with Gasteiger partial charge in [-0.15, -0.1) is 0 Å². The van der Waals surface area contributed by atoms with Gasteiger partial charge in [0.15, 0.2) is 0 Å². The zero-order valence-electron chi connectivity index (χ0n) is 28.0. The minimum Gasteiger partial charge on any atom is -0.497 e. The van der Waals surface area contributed by atoms with Gasteiger partial charge in [-0.2, -0.15) is 17.4 Å². The highest BCUT2D eigenvalue weighted by atomic mass is 32.2. The molecule has 12 nitrogen and oxygen atoms in total. The van der Waals surface area contributed by atoms with Gasteiger partial charge in [-0.3, -0.25) is 14.6 Å². The molecule has 1 amide bonds. The van der Waals surface area contributed by atoms with Crippen molar-refractivity contribution in [1.29, 1.82) is 0 Å². The van der Waals surface area contributed by atoms with E-state index in [1.807, 2.05) is 66.7 Å². The van der Waals surface area contributed by atoms with Crippen LogP contribution in [0.15, 0.2) is 91.1 Å². The third-order valence-electron chi connectivity index (χ3n) is 7.99. The summed E-state index contributed by atoms with van der Waals surface area (Å²) in [5.41, 5.74) is 3.43. The predicted molar refractivity (Wildman–Crippen MR) is 189 cm³/mol. The highest BCUT2D eigenvalue weighted by molar-refractivity contribution is 7.87. The fourth-order valence-corrected chi connectivity index (χ4v) is 6.71. The van der Waals surface area contributed by atoms with Gasteiger partial charge in [0.25, 0.3) is 16.1 Å². The summed E-state index contributed by atoms with van der Waals surface area (Å²) in [6.45, 7) is 4.96. The van der Waals surface area contributed by atoms with Gasteiger partial charge in [-0.25, -0.2) is 0 Å². The van der Waals surface area contributed by atoms with Gasteiger partial charge in [0.2, 0.25) is 0 Å². The minimum atomic E-state index is -3.94. The molecule has 1 atom stereocenters. The summed E-state index contributed by atoms with van der Waals surface area (Å²) in [6.07, 6.45) is 1.55. The molecular formula is C37H39N5O7S. The Morgan fingerprint density at radius 1 is 0.880 bits per heavy atom. The van der Waals surface area contributed by atoms with Gasteiger partial charge in [0, 0.05) is 61.8 Å². The van der Waals surface area contributed by atoms with E-state index in [9.17, 15) is 23.1 Å². The predicted octanol–water partition coefficient (Wildman–Crippen LogP) is 4.28. The quantitative estimate of drug-likeness (QED) is 0.185. The van der Waals surface area contributed by atoms with Crippen molar-refractivity contribution in [2.45, 2.75) is 26.4 Å². The number of carbonyl (C=O) groups is 2.